The molecule has 6 nitrogen and oxygen atoms in total. The third kappa shape index (κ3) is 5.26. The molecule has 1 aliphatic rings. The van der Waals surface area contributed by atoms with E-state index in [-0.39, 0.29) is 29.7 Å². The number of carbonyl (C=O) groups excluding carboxylic acids is 1. The fourth-order valence-electron chi connectivity index (χ4n) is 2.54. The highest BCUT2D eigenvalue weighted by Gasteiger charge is 2.43. The highest BCUT2D eigenvalue weighted by molar-refractivity contribution is 6.33. The summed E-state index contributed by atoms with van der Waals surface area (Å²) in [5.74, 6) is -0.365. The summed E-state index contributed by atoms with van der Waals surface area (Å²) < 4.78 is 40.0. The number of aromatic nitrogens is 2. The normalized spacial score (nSPS) is 17.6. The summed E-state index contributed by atoms with van der Waals surface area (Å²) in [6, 6.07) is -1.75. The molecule has 140 valence electrons. The number of nitrogens with zero attached hydrogens (tertiary/aromatic N) is 3. The van der Waals surface area contributed by atoms with Crippen molar-refractivity contribution in [3.8, 4) is 0 Å². The van der Waals surface area contributed by atoms with E-state index in [0.29, 0.717) is 18.9 Å². The topological polar surface area (TPSA) is 70.2 Å². The summed E-state index contributed by atoms with van der Waals surface area (Å²) in [5.41, 5.74) is -0.110. The van der Waals surface area contributed by atoms with Crippen molar-refractivity contribution in [3.63, 3.8) is 0 Å². The molecule has 0 aromatic carbocycles. The number of halogens is 4. The molecule has 1 aromatic heterocycles. The molecular weight excluding hydrogens is 359 g/mol. The van der Waals surface area contributed by atoms with E-state index in [2.05, 4.69) is 20.6 Å². The number of hydrogen-bond donors (Lipinski definition) is 2. The summed E-state index contributed by atoms with van der Waals surface area (Å²) in [7, 11) is 0. The summed E-state index contributed by atoms with van der Waals surface area (Å²) >= 11 is 5.92. The van der Waals surface area contributed by atoms with Crippen LogP contribution >= 0.6 is 11.6 Å². The van der Waals surface area contributed by atoms with Gasteiger partial charge in [-0.1, -0.05) is 25.4 Å². The molecule has 1 atom stereocenters. The standard InChI is InChI=1S/C15H21ClF3N5O/c1-9(2)13-21-7-10(16)12(23-13)14(25)22-8-11(15(17,18)19)24-5-3-20-4-6-24/h7,9,11,20H,3-6,8H2,1-2H3,(H,22,25). The maximum Gasteiger partial charge on any atom is 0.405 e. The fourth-order valence-corrected chi connectivity index (χ4v) is 2.71. The zero-order valence-corrected chi connectivity index (χ0v) is 14.8. The Morgan fingerprint density at radius 3 is 2.60 bits per heavy atom. The van der Waals surface area contributed by atoms with Crippen LogP contribution in [-0.2, 0) is 0 Å². The number of piperazine rings is 1. The fraction of sp³-hybridized carbons (Fsp3) is 0.667. The average Bonchev–Trinajstić information content (AvgIpc) is 2.54. The second-order valence-electron chi connectivity index (χ2n) is 6.13. The molecule has 0 radical (unpaired) electrons. The van der Waals surface area contributed by atoms with Gasteiger partial charge in [0.2, 0.25) is 0 Å². The molecule has 10 heteroatoms. The van der Waals surface area contributed by atoms with Crippen LogP contribution in [-0.4, -0.2) is 65.7 Å². The van der Waals surface area contributed by atoms with Crippen LogP contribution in [0.3, 0.4) is 0 Å². The van der Waals surface area contributed by atoms with Crippen LogP contribution in [0.15, 0.2) is 6.20 Å². The molecule has 2 rings (SSSR count). The Hall–Kier alpha value is -1.45. The van der Waals surface area contributed by atoms with Crippen LogP contribution in [0.4, 0.5) is 13.2 Å². The maximum absolute atomic E-state index is 13.3. The molecule has 0 saturated carbocycles. The molecule has 2 N–H and O–H groups in total. The highest BCUT2D eigenvalue weighted by Crippen LogP contribution is 2.25. The average molecular weight is 380 g/mol. The predicted molar refractivity (Wildman–Crippen MR) is 87.7 cm³/mol. The van der Waals surface area contributed by atoms with Gasteiger partial charge in [-0.15, -0.1) is 0 Å². The first-order valence-corrected chi connectivity index (χ1v) is 8.40. The third-order valence-electron chi connectivity index (χ3n) is 3.92. The molecule has 25 heavy (non-hydrogen) atoms. The number of amides is 1. The molecule has 1 aromatic rings. The Balaban J connectivity index is 2.09. The van der Waals surface area contributed by atoms with Gasteiger partial charge < -0.3 is 10.6 Å². The lowest BCUT2D eigenvalue weighted by Gasteiger charge is -2.35. The Bertz CT molecular complexity index is 605. The van der Waals surface area contributed by atoms with Crippen LogP contribution in [0.25, 0.3) is 0 Å². The van der Waals surface area contributed by atoms with Gasteiger partial charge in [0.15, 0.2) is 0 Å². The first kappa shape index (κ1) is 19.9. The van der Waals surface area contributed by atoms with E-state index in [9.17, 15) is 18.0 Å². The Kier molecular flexibility index (Phi) is 6.59. The van der Waals surface area contributed by atoms with Gasteiger partial charge in [-0.3, -0.25) is 9.69 Å². The predicted octanol–water partition coefficient (Wildman–Crippen LogP) is 1.82. The zero-order chi connectivity index (χ0) is 18.6. The van der Waals surface area contributed by atoms with Crippen molar-refractivity contribution in [2.45, 2.75) is 32.0 Å². The van der Waals surface area contributed by atoms with Crippen LogP contribution < -0.4 is 10.6 Å². The van der Waals surface area contributed by atoms with Gasteiger partial charge in [0.1, 0.15) is 17.6 Å². The van der Waals surface area contributed by atoms with Gasteiger partial charge >= 0.3 is 6.18 Å². The van der Waals surface area contributed by atoms with E-state index in [1.165, 1.54) is 11.1 Å². The van der Waals surface area contributed by atoms with Crippen molar-refractivity contribution in [1.82, 2.24) is 25.5 Å². The first-order chi connectivity index (χ1) is 11.7. The monoisotopic (exact) mass is 379 g/mol. The largest absolute Gasteiger partial charge is 0.405 e. The van der Waals surface area contributed by atoms with Crippen LogP contribution in [0.1, 0.15) is 36.1 Å². The van der Waals surface area contributed by atoms with Crippen molar-refractivity contribution in [2.75, 3.05) is 32.7 Å². The van der Waals surface area contributed by atoms with E-state index in [4.69, 9.17) is 11.6 Å². The quantitative estimate of drug-likeness (QED) is 0.816. The van der Waals surface area contributed by atoms with E-state index in [1.54, 1.807) is 0 Å². The second kappa shape index (κ2) is 8.29. The Morgan fingerprint density at radius 1 is 1.40 bits per heavy atom. The summed E-state index contributed by atoms with van der Waals surface area (Å²) in [5, 5.41) is 5.33. The minimum atomic E-state index is -4.44. The van der Waals surface area contributed by atoms with E-state index >= 15 is 0 Å². The van der Waals surface area contributed by atoms with Gasteiger partial charge in [-0.05, 0) is 0 Å². The van der Waals surface area contributed by atoms with Crippen LogP contribution in [0.2, 0.25) is 5.02 Å². The molecular formula is C15H21ClF3N5O. The number of nitrogens with one attached hydrogen (secondary N) is 2. The lowest BCUT2D eigenvalue weighted by molar-refractivity contribution is -0.183. The summed E-state index contributed by atoms with van der Waals surface area (Å²) in [4.78, 5) is 21.7. The number of alkyl halides is 3. The van der Waals surface area contributed by atoms with Gasteiger partial charge in [-0.2, -0.15) is 13.2 Å². The van der Waals surface area contributed by atoms with Crippen molar-refractivity contribution in [3.05, 3.63) is 22.7 Å². The molecule has 1 aliphatic heterocycles. The molecule has 1 amide bonds. The minimum Gasteiger partial charge on any atom is -0.349 e. The molecule has 1 saturated heterocycles. The molecule has 1 unspecified atom stereocenters. The van der Waals surface area contributed by atoms with E-state index in [0.717, 1.165) is 0 Å². The second-order valence-corrected chi connectivity index (χ2v) is 6.54. The SMILES string of the molecule is CC(C)c1ncc(Cl)c(C(=O)NCC(N2CCNCC2)C(F)(F)F)n1. The third-order valence-corrected chi connectivity index (χ3v) is 4.20. The van der Waals surface area contributed by atoms with Gasteiger partial charge in [-0.25, -0.2) is 9.97 Å². The van der Waals surface area contributed by atoms with E-state index < -0.39 is 24.7 Å². The molecule has 2 heterocycles. The smallest absolute Gasteiger partial charge is 0.349 e. The summed E-state index contributed by atoms with van der Waals surface area (Å²) in [6.07, 6.45) is -3.15. The van der Waals surface area contributed by atoms with Crippen molar-refractivity contribution < 1.29 is 18.0 Å². The van der Waals surface area contributed by atoms with Crippen molar-refractivity contribution in [2.24, 2.45) is 0 Å². The van der Waals surface area contributed by atoms with E-state index in [1.807, 2.05) is 13.8 Å². The number of rotatable bonds is 5. The minimum absolute atomic E-state index is 0.00707. The van der Waals surface area contributed by atoms with Gasteiger partial charge in [0.05, 0.1) is 11.2 Å². The summed E-state index contributed by atoms with van der Waals surface area (Å²) in [6.45, 7) is 4.63. The maximum atomic E-state index is 13.3. The molecule has 0 aliphatic carbocycles. The first-order valence-electron chi connectivity index (χ1n) is 8.02. The Morgan fingerprint density at radius 2 is 2.04 bits per heavy atom. The van der Waals surface area contributed by atoms with Crippen LogP contribution in [0, 0.1) is 0 Å². The zero-order valence-electron chi connectivity index (χ0n) is 14.0. The van der Waals surface area contributed by atoms with Crippen LogP contribution in [0.5, 0.6) is 0 Å². The number of hydrogen-bond acceptors (Lipinski definition) is 5. The lowest BCUT2D eigenvalue weighted by atomic mass is 10.2. The lowest BCUT2D eigenvalue weighted by Crippen LogP contribution is -2.57. The molecule has 0 bridgehead atoms. The van der Waals surface area contributed by atoms with Crippen molar-refractivity contribution in [1.29, 1.82) is 0 Å². The van der Waals surface area contributed by atoms with Crippen molar-refractivity contribution >= 4 is 17.5 Å². The number of carbonyl (C=O) groups is 1. The highest BCUT2D eigenvalue weighted by atomic mass is 35.5. The van der Waals surface area contributed by atoms with Gasteiger partial charge in [0.25, 0.3) is 5.91 Å². The molecule has 0 spiro atoms. The van der Waals surface area contributed by atoms with Gasteiger partial charge in [0, 0.05) is 38.6 Å². The Labute approximate surface area is 149 Å². The molecule has 1 fully saturated rings.